The zero-order valence-electron chi connectivity index (χ0n) is 9.09. The average Bonchev–Trinajstić information content (AvgIpc) is 2.10. The van der Waals surface area contributed by atoms with Crippen LogP contribution in [0.25, 0.3) is 0 Å². The molecule has 0 saturated carbocycles. The first-order valence-electron chi connectivity index (χ1n) is 5.16. The molecule has 0 amide bonds. The fraction of sp³-hybridized carbons (Fsp3) is 0.900. The monoisotopic (exact) mass is 236 g/mol. The van der Waals surface area contributed by atoms with Gasteiger partial charge < -0.3 is 5.11 Å². The molecule has 0 bridgehead atoms. The lowest BCUT2D eigenvalue weighted by molar-refractivity contribution is -0.166. The van der Waals surface area contributed by atoms with Crippen molar-refractivity contribution in [2.24, 2.45) is 5.92 Å². The minimum atomic E-state index is -4.49. The number of likely N-dealkylation sites (tertiary alicyclic amines) is 1. The van der Waals surface area contributed by atoms with E-state index in [1.807, 2.05) is 0 Å². The van der Waals surface area contributed by atoms with Crippen LogP contribution in [0.2, 0.25) is 0 Å². The third-order valence-electron chi connectivity index (χ3n) is 2.75. The highest BCUT2D eigenvalue weighted by Gasteiger charge is 2.42. The molecule has 2 atom stereocenters. The lowest BCUT2D eigenvalue weighted by Crippen LogP contribution is -2.48. The fourth-order valence-electron chi connectivity index (χ4n) is 1.95. The number of hydrogen-bond donors (Lipinski definition) is 1. The first-order chi connectivity index (χ1) is 7.24. The Morgan fingerprint density at radius 3 is 2.62 bits per heavy atom. The van der Waals surface area contributed by atoms with Gasteiger partial charge in [0.1, 0.15) is 0 Å². The van der Waals surface area contributed by atoms with E-state index < -0.39 is 17.7 Å². The van der Waals surface area contributed by atoms with Crippen LogP contribution < -0.4 is 0 Å². The van der Waals surface area contributed by atoms with Gasteiger partial charge in [-0.15, -0.1) is 0 Å². The molecule has 3 nitrogen and oxygen atoms in total. The van der Waals surface area contributed by atoms with Crippen molar-refractivity contribution in [3.8, 4) is 6.07 Å². The summed E-state index contributed by atoms with van der Waals surface area (Å²) in [6.07, 6.45) is -3.24. The van der Waals surface area contributed by atoms with Crippen LogP contribution in [-0.2, 0) is 0 Å². The van der Waals surface area contributed by atoms with E-state index in [1.165, 1.54) is 11.0 Å². The first kappa shape index (κ1) is 13.3. The molecule has 1 aliphatic rings. The van der Waals surface area contributed by atoms with Crippen LogP contribution in [0, 0.1) is 17.2 Å². The molecule has 1 heterocycles. The normalized spacial score (nSPS) is 29.8. The van der Waals surface area contributed by atoms with E-state index in [0.717, 1.165) is 0 Å². The highest BCUT2D eigenvalue weighted by molar-refractivity contribution is 4.93. The van der Waals surface area contributed by atoms with Crippen LogP contribution in [0.3, 0.4) is 0 Å². The highest BCUT2D eigenvalue weighted by atomic mass is 19.4. The van der Waals surface area contributed by atoms with Crippen LogP contribution in [-0.4, -0.2) is 41.4 Å². The molecule has 92 valence electrons. The summed E-state index contributed by atoms with van der Waals surface area (Å²) in [6.45, 7) is 1.95. The molecule has 0 aromatic rings. The van der Waals surface area contributed by atoms with Gasteiger partial charge >= 0.3 is 6.18 Å². The predicted molar refractivity (Wildman–Crippen MR) is 51.5 cm³/mol. The van der Waals surface area contributed by atoms with Crippen molar-refractivity contribution in [2.75, 3.05) is 19.6 Å². The number of nitrogens with zero attached hydrogens (tertiary/aromatic N) is 2. The zero-order chi connectivity index (χ0) is 12.4. The van der Waals surface area contributed by atoms with Gasteiger partial charge in [-0.1, -0.05) is 0 Å². The Balaban J connectivity index is 2.57. The number of piperidine rings is 1. The molecule has 2 unspecified atom stereocenters. The smallest absolute Gasteiger partial charge is 0.389 e. The minimum absolute atomic E-state index is 0.196. The maximum absolute atomic E-state index is 12.4. The van der Waals surface area contributed by atoms with Crippen LogP contribution in [0.5, 0.6) is 0 Å². The molecule has 0 aromatic heterocycles. The summed E-state index contributed by atoms with van der Waals surface area (Å²) in [6, 6.07) is 1.27. The second-order valence-corrected chi connectivity index (χ2v) is 4.56. The summed E-state index contributed by atoms with van der Waals surface area (Å²) in [5.41, 5.74) is -0.941. The van der Waals surface area contributed by atoms with Crippen LogP contribution in [0.15, 0.2) is 0 Å². The molecule has 1 aliphatic heterocycles. The first-order valence-corrected chi connectivity index (χ1v) is 5.16. The lowest BCUT2D eigenvalue weighted by atomic mass is 9.94. The largest absolute Gasteiger partial charge is 0.405 e. The number of rotatable bonds is 2. The van der Waals surface area contributed by atoms with Gasteiger partial charge in [0.15, 0.2) is 5.92 Å². The number of alkyl halides is 3. The predicted octanol–water partition coefficient (Wildman–Crippen LogP) is 1.54. The van der Waals surface area contributed by atoms with Gasteiger partial charge in [-0.2, -0.15) is 18.4 Å². The number of hydrogen-bond acceptors (Lipinski definition) is 3. The van der Waals surface area contributed by atoms with Crippen LogP contribution >= 0.6 is 0 Å². The summed E-state index contributed by atoms with van der Waals surface area (Å²) in [5, 5.41) is 18.2. The molecule has 1 rings (SSSR count). The quantitative estimate of drug-likeness (QED) is 0.791. The van der Waals surface area contributed by atoms with Crippen LogP contribution in [0.4, 0.5) is 13.2 Å². The molecule has 1 fully saturated rings. The Hall–Kier alpha value is -0.800. The number of aliphatic hydroxyl groups is 1. The summed E-state index contributed by atoms with van der Waals surface area (Å²) in [5.74, 6) is -1.97. The van der Waals surface area contributed by atoms with Gasteiger partial charge in [0.05, 0.1) is 11.7 Å². The van der Waals surface area contributed by atoms with Gasteiger partial charge in [0.25, 0.3) is 0 Å². The molecule has 0 aromatic carbocycles. The molecule has 1 saturated heterocycles. The van der Waals surface area contributed by atoms with Crippen molar-refractivity contribution < 1.29 is 18.3 Å². The second-order valence-electron chi connectivity index (χ2n) is 4.56. The standard InChI is InChI=1S/C10H15F3N2O/c1-9(16)3-2-4-15(7-9)6-8(5-14)10(11,12)13/h8,16H,2-4,6-7H2,1H3. The summed E-state index contributed by atoms with van der Waals surface area (Å²) in [7, 11) is 0. The van der Waals surface area contributed by atoms with E-state index in [9.17, 15) is 18.3 Å². The van der Waals surface area contributed by atoms with E-state index in [1.54, 1.807) is 6.92 Å². The molecular weight excluding hydrogens is 221 g/mol. The van der Waals surface area contributed by atoms with Gasteiger partial charge in [0.2, 0.25) is 0 Å². The molecular formula is C10H15F3N2O. The van der Waals surface area contributed by atoms with Crippen LogP contribution in [0.1, 0.15) is 19.8 Å². The number of nitriles is 1. The molecule has 0 aliphatic carbocycles. The van der Waals surface area contributed by atoms with Gasteiger partial charge in [0, 0.05) is 13.1 Å². The van der Waals surface area contributed by atoms with Crippen molar-refractivity contribution in [2.45, 2.75) is 31.5 Å². The van der Waals surface area contributed by atoms with Gasteiger partial charge in [-0.25, -0.2) is 0 Å². The Morgan fingerprint density at radius 1 is 1.56 bits per heavy atom. The van der Waals surface area contributed by atoms with Crippen molar-refractivity contribution in [3.63, 3.8) is 0 Å². The van der Waals surface area contributed by atoms with Gasteiger partial charge in [-0.05, 0) is 26.3 Å². The highest BCUT2D eigenvalue weighted by Crippen LogP contribution is 2.28. The molecule has 0 spiro atoms. The minimum Gasteiger partial charge on any atom is -0.389 e. The molecule has 6 heteroatoms. The Kier molecular flexibility index (Phi) is 3.81. The number of β-amino-alcohol motifs (C(OH)–C–C–N with tert-alkyl or cyclic N) is 1. The Morgan fingerprint density at radius 2 is 2.19 bits per heavy atom. The Bertz CT molecular complexity index is 283. The Labute approximate surface area is 92.5 Å². The van der Waals surface area contributed by atoms with E-state index in [0.29, 0.717) is 19.4 Å². The van der Waals surface area contributed by atoms with Crippen molar-refractivity contribution >= 4 is 0 Å². The van der Waals surface area contributed by atoms with Crippen molar-refractivity contribution in [1.29, 1.82) is 5.26 Å². The lowest BCUT2D eigenvalue weighted by Gasteiger charge is -2.37. The zero-order valence-corrected chi connectivity index (χ0v) is 9.09. The third kappa shape index (κ3) is 3.65. The summed E-state index contributed by atoms with van der Waals surface area (Å²) < 4.78 is 37.1. The van der Waals surface area contributed by atoms with E-state index in [-0.39, 0.29) is 13.1 Å². The maximum Gasteiger partial charge on any atom is 0.405 e. The van der Waals surface area contributed by atoms with Crippen molar-refractivity contribution in [3.05, 3.63) is 0 Å². The van der Waals surface area contributed by atoms with E-state index >= 15 is 0 Å². The van der Waals surface area contributed by atoms with Gasteiger partial charge in [-0.3, -0.25) is 4.90 Å². The average molecular weight is 236 g/mol. The van der Waals surface area contributed by atoms with E-state index in [4.69, 9.17) is 5.26 Å². The molecule has 16 heavy (non-hydrogen) atoms. The third-order valence-corrected chi connectivity index (χ3v) is 2.75. The van der Waals surface area contributed by atoms with E-state index in [2.05, 4.69) is 0 Å². The van der Waals surface area contributed by atoms with Crippen molar-refractivity contribution in [1.82, 2.24) is 4.90 Å². The number of halogens is 3. The second kappa shape index (κ2) is 4.60. The maximum atomic E-state index is 12.4. The fourth-order valence-corrected chi connectivity index (χ4v) is 1.95. The molecule has 1 N–H and O–H groups in total. The topological polar surface area (TPSA) is 47.3 Å². The molecule has 0 radical (unpaired) electrons. The SMILES string of the molecule is CC1(O)CCCN(CC(C#N)C(F)(F)F)C1. The summed E-state index contributed by atoms with van der Waals surface area (Å²) >= 11 is 0. The summed E-state index contributed by atoms with van der Waals surface area (Å²) in [4.78, 5) is 1.50.